The molecule has 0 aromatic heterocycles. The maximum Gasteiger partial charge on any atom is 0.0633 e. The van der Waals surface area contributed by atoms with Crippen LogP contribution in [0.2, 0.25) is 0 Å². The predicted octanol–water partition coefficient (Wildman–Crippen LogP) is 11.3. The van der Waals surface area contributed by atoms with E-state index in [-0.39, 0.29) is 0 Å². The number of nitrogens with zero attached hydrogens (tertiary/aromatic N) is 1. The third kappa shape index (κ3) is 17.2. The van der Waals surface area contributed by atoms with Crippen molar-refractivity contribution in [1.82, 2.24) is 0 Å². The molecule has 0 radical (unpaired) electrons. The van der Waals surface area contributed by atoms with Gasteiger partial charge in [-0.25, -0.2) is 0 Å². The average Bonchev–Trinajstić information content (AvgIpc) is 2.87. The van der Waals surface area contributed by atoms with Crippen LogP contribution in [-0.2, 0) is 0 Å². The maximum absolute atomic E-state index is 4.54. The second-order valence-electron chi connectivity index (χ2n) is 8.16. The zero-order valence-electron chi connectivity index (χ0n) is 24.3. The number of allylic oxidation sites excluding steroid dienone is 12. The lowest BCUT2D eigenvalue weighted by atomic mass is 10.0. The normalized spacial score (nSPS) is 12.6. The molecule has 192 valence electrons. The summed E-state index contributed by atoms with van der Waals surface area (Å²) in [4.78, 5) is 4.54. The van der Waals surface area contributed by atoms with Crippen molar-refractivity contribution in [3.05, 3.63) is 113 Å². The summed E-state index contributed by atoms with van der Waals surface area (Å²) < 4.78 is 0. The fraction of sp³-hybridized carbons (Fsp3) is 0.382. The van der Waals surface area contributed by atoms with Crippen molar-refractivity contribution in [3.8, 4) is 0 Å². The molecule has 1 nitrogen and oxygen atoms in total. The van der Waals surface area contributed by atoms with Crippen molar-refractivity contribution in [3.63, 3.8) is 0 Å². The van der Waals surface area contributed by atoms with E-state index in [4.69, 9.17) is 0 Å². The topological polar surface area (TPSA) is 12.4 Å². The van der Waals surface area contributed by atoms with Crippen molar-refractivity contribution in [2.45, 2.75) is 88.5 Å². The Hall–Kier alpha value is -2.93. The van der Waals surface area contributed by atoms with E-state index in [2.05, 4.69) is 95.6 Å². The lowest BCUT2D eigenvalue weighted by Crippen LogP contribution is -1.96. The van der Waals surface area contributed by atoms with Gasteiger partial charge in [0.2, 0.25) is 0 Å². The van der Waals surface area contributed by atoms with Gasteiger partial charge in [-0.2, -0.15) is 0 Å². The quantitative estimate of drug-likeness (QED) is 0.192. The van der Waals surface area contributed by atoms with Gasteiger partial charge in [0, 0.05) is 5.71 Å². The highest BCUT2D eigenvalue weighted by molar-refractivity contribution is 6.01. The molecule has 0 saturated carbocycles. The molecule has 1 rings (SSSR count). The molecule has 0 heterocycles. The smallest absolute Gasteiger partial charge is 0.0633 e. The summed E-state index contributed by atoms with van der Waals surface area (Å²) in [6.07, 6.45) is 20.2. The first kappa shape index (κ1) is 34.2. The van der Waals surface area contributed by atoms with E-state index in [1.165, 1.54) is 22.3 Å². The minimum atomic E-state index is 0.825. The van der Waals surface area contributed by atoms with Gasteiger partial charge >= 0.3 is 0 Å². The number of rotatable bonds is 9. The van der Waals surface area contributed by atoms with Gasteiger partial charge in [0.05, 0.1) is 5.70 Å². The first-order valence-corrected chi connectivity index (χ1v) is 13.0. The summed E-state index contributed by atoms with van der Waals surface area (Å²) in [6, 6.07) is 10.1. The number of aliphatic imine (C=N–C) groups is 1. The first-order valence-electron chi connectivity index (χ1n) is 13.0. The molecule has 0 amide bonds. The van der Waals surface area contributed by atoms with Gasteiger partial charge in [-0.05, 0) is 90.0 Å². The highest BCUT2D eigenvalue weighted by Gasteiger charge is 2.00. The minimum absolute atomic E-state index is 0.825. The number of hydrogen-bond donors (Lipinski definition) is 0. The van der Waals surface area contributed by atoms with Gasteiger partial charge < -0.3 is 0 Å². The van der Waals surface area contributed by atoms with Crippen LogP contribution in [0.15, 0.2) is 113 Å². The standard InChI is InChI=1S/C15H19N.C14H22.C5H10/c1-5-14(6-2)12(3)16-13(4)15-10-8-7-9-11-15;1-5-9-10-12-14(8-4)13(7-3)11-6-2;1-4-5(2)3/h5,7-11H,4,6H2,1-3H3;5,8-12H,6-7H2,1-4H3;4H,1-3H3/b14-5+,16-12?;9-5-,12-10-,13-11?,14-8+;. The van der Waals surface area contributed by atoms with E-state index in [0.29, 0.717) is 0 Å². The Morgan fingerprint density at radius 2 is 1.37 bits per heavy atom. The van der Waals surface area contributed by atoms with Crippen molar-refractivity contribution in [1.29, 1.82) is 0 Å². The fourth-order valence-corrected chi connectivity index (χ4v) is 3.01. The molecule has 0 saturated heterocycles. The van der Waals surface area contributed by atoms with E-state index >= 15 is 0 Å². The second-order valence-corrected chi connectivity index (χ2v) is 8.16. The third-order valence-corrected chi connectivity index (χ3v) is 5.27. The molecule has 0 bridgehead atoms. The Morgan fingerprint density at radius 3 is 1.77 bits per heavy atom. The molecule has 0 fully saturated rings. The lowest BCUT2D eigenvalue weighted by Gasteiger charge is -2.05. The molecule has 0 spiro atoms. The average molecular weight is 474 g/mol. The molecule has 0 aliphatic carbocycles. The van der Waals surface area contributed by atoms with Gasteiger partial charge in [0.25, 0.3) is 0 Å². The SMILES string of the molecule is C=C(N=C(C)/C(=C/C)CC)c1ccccc1.CC=C(C)C.C\C=C/C=C\C(=C/C)C(=CCC)CC. The zero-order chi connectivity index (χ0) is 27.1. The van der Waals surface area contributed by atoms with E-state index < -0.39 is 0 Å². The van der Waals surface area contributed by atoms with Crippen LogP contribution in [0.5, 0.6) is 0 Å². The van der Waals surface area contributed by atoms with Crippen molar-refractivity contribution in [2.24, 2.45) is 4.99 Å². The van der Waals surface area contributed by atoms with Crippen molar-refractivity contribution in [2.75, 3.05) is 0 Å². The Kier molecular flexibility index (Phi) is 22.3. The second kappa shape index (κ2) is 22.8. The molecule has 0 atom stereocenters. The lowest BCUT2D eigenvalue weighted by molar-refractivity contribution is 1.08. The summed E-state index contributed by atoms with van der Waals surface area (Å²) in [5.74, 6) is 0. The summed E-state index contributed by atoms with van der Waals surface area (Å²) in [6.45, 7) is 24.9. The summed E-state index contributed by atoms with van der Waals surface area (Å²) in [5.41, 5.74) is 8.39. The van der Waals surface area contributed by atoms with Gasteiger partial charge in [0.1, 0.15) is 0 Å². The molecule has 1 heteroatoms. The van der Waals surface area contributed by atoms with E-state index in [9.17, 15) is 0 Å². The van der Waals surface area contributed by atoms with Crippen LogP contribution in [0.25, 0.3) is 5.70 Å². The highest BCUT2D eigenvalue weighted by Crippen LogP contribution is 2.16. The molecule has 0 N–H and O–H groups in total. The minimum Gasteiger partial charge on any atom is -0.253 e. The summed E-state index contributed by atoms with van der Waals surface area (Å²) in [5, 5.41) is 0. The number of hydrogen-bond acceptors (Lipinski definition) is 1. The first-order chi connectivity index (χ1) is 16.7. The van der Waals surface area contributed by atoms with Crippen LogP contribution in [0.4, 0.5) is 0 Å². The van der Waals surface area contributed by atoms with Crippen LogP contribution < -0.4 is 0 Å². The van der Waals surface area contributed by atoms with Gasteiger partial charge in [-0.3, -0.25) is 4.99 Å². The molecular formula is C34H51N. The highest BCUT2D eigenvalue weighted by atomic mass is 14.8. The largest absolute Gasteiger partial charge is 0.253 e. The van der Waals surface area contributed by atoms with E-state index in [1.807, 2.05) is 64.1 Å². The van der Waals surface area contributed by atoms with E-state index in [0.717, 1.165) is 36.2 Å². The Morgan fingerprint density at radius 1 is 0.800 bits per heavy atom. The molecule has 35 heavy (non-hydrogen) atoms. The summed E-state index contributed by atoms with van der Waals surface area (Å²) >= 11 is 0. The Balaban J connectivity index is 0. The van der Waals surface area contributed by atoms with Crippen LogP contribution in [-0.4, -0.2) is 5.71 Å². The predicted molar refractivity (Wildman–Crippen MR) is 164 cm³/mol. The molecule has 0 aliphatic rings. The van der Waals surface area contributed by atoms with Crippen LogP contribution in [0.1, 0.15) is 94.1 Å². The maximum atomic E-state index is 4.54. The molecule has 0 aliphatic heterocycles. The Bertz CT molecular complexity index is 909. The zero-order valence-corrected chi connectivity index (χ0v) is 24.3. The molecule has 0 unspecified atom stereocenters. The van der Waals surface area contributed by atoms with Crippen LogP contribution in [0, 0.1) is 0 Å². The number of benzene rings is 1. The molecule has 1 aromatic carbocycles. The monoisotopic (exact) mass is 473 g/mol. The van der Waals surface area contributed by atoms with Crippen molar-refractivity contribution < 1.29 is 0 Å². The van der Waals surface area contributed by atoms with Gasteiger partial charge in [0.15, 0.2) is 0 Å². The van der Waals surface area contributed by atoms with Crippen LogP contribution in [0.3, 0.4) is 0 Å². The third-order valence-electron chi connectivity index (χ3n) is 5.27. The molecule has 1 aromatic rings. The van der Waals surface area contributed by atoms with Crippen LogP contribution >= 0.6 is 0 Å². The summed E-state index contributed by atoms with van der Waals surface area (Å²) in [7, 11) is 0. The Labute approximate surface area is 218 Å². The molecular weight excluding hydrogens is 422 g/mol. The fourth-order valence-electron chi connectivity index (χ4n) is 3.01. The van der Waals surface area contributed by atoms with Gasteiger partial charge in [-0.15, -0.1) is 0 Å². The van der Waals surface area contributed by atoms with Crippen molar-refractivity contribution >= 4 is 11.4 Å². The van der Waals surface area contributed by atoms with Gasteiger partial charge in [-0.1, -0.05) is 112 Å². The van der Waals surface area contributed by atoms with E-state index in [1.54, 1.807) is 0 Å².